The van der Waals surface area contributed by atoms with E-state index in [9.17, 15) is 4.39 Å². The molecule has 1 N–H and O–H groups in total. The zero-order chi connectivity index (χ0) is 14.0. The lowest BCUT2D eigenvalue weighted by molar-refractivity contribution is 0.414. The summed E-state index contributed by atoms with van der Waals surface area (Å²) >= 11 is 17.5. The Morgan fingerprint density at radius 2 is 1.89 bits per heavy atom. The van der Waals surface area contributed by atoms with Gasteiger partial charge in [0.15, 0.2) is 5.82 Å². The number of anilines is 2. The molecule has 0 saturated heterocycles. The van der Waals surface area contributed by atoms with Crippen molar-refractivity contribution in [3.63, 3.8) is 0 Å². The van der Waals surface area contributed by atoms with Crippen LogP contribution in [0.3, 0.4) is 0 Å². The predicted octanol–water partition coefficient (Wildman–Crippen LogP) is 4.93. The highest BCUT2D eigenvalue weighted by molar-refractivity contribution is 6.43. The Bertz CT molecular complexity index is 622. The number of nitrogens with one attached hydrogen (secondary N) is 1. The molecule has 1 aromatic carbocycles. The molecule has 0 aliphatic carbocycles. The minimum absolute atomic E-state index is 0.0804. The summed E-state index contributed by atoms with van der Waals surface area (Å²) in [6.07, 6.45) is 0. The molecule has 0 radical (unpaired) electrons. The Hall–Kier alpha value is -1.23. The second kappa shape index (κ2) is 5.82. The van der Waals surface area contributed by atoms with E-state index in [2.05, 4.69) is 10.3 Å². The first kappa shape index (κ1) is 14.2. The Kier molecular flexibility index (Phi) is 4.34. The van der Waals surface area contributed by atoms with Crippen molar-refractivity contribution in [1.29, 1.82) is 0 Å². The SMILES string of the molecule is COc1ccc(F)c(Nc2nc(Cl)c(Cl)cc2Cl)c1. The lowest BCUT2D eigenvalue weighted by Gasteiger charge is -2.10. The molecular formula is C12H8Cl3FN2O. The summed E-state index contributed by atoms with van der Waals surface area (Å²) in [7, 11) is 1.49. The number of hydrogen-bond acceptors (Lipinski definition) is 3. The number of hydrogen-bond donors (Lipinski definition) is 1. The van der Waals surface area contributed by atoms with Crippen molar-refractivity contribution in [2.24, 2.45) is 0 Å². The monoisotopic (exact) mass is 320 g/mol. The van der Waals surface area contributed by atoms with E-state index in [1.54, 1.807) is 0 Å². The van der Waals surface area contributed by atoms with Crippen molar-refractivity contribution in [2.75, 3.05) is 12.4 Å². The van der Waals surface area contributed by atoms with Crippen molar-refractivity contribution in [3.8, 4) is 5.75 Å². The molecule has 2 rings (SSSR count). The van der Waals surface area contributed by atoms with Crippen LogP contribution in [-0.2, 0) is 0 Å². The third kappa shape index (κ3) is 3.21. The first-order chi connectivity index (χ1) is 9.01. The molecule has 0 amide bonds. The molecular weight excluding hydrogens is 314 g/mol. The molecule has 19 heavy (non-hydrogen) atoms. The molecule has 2 aromatic rings. The van der Waals surface area contributed by atoms with E-state index in [0.29, 0.717) is 5.75 Å². The first-order valence-corrected chi connectivity index (χ1v) is 6.26. The first-order valence-electron chi connectivity index (χ1n) is 5.13. The molecule has 0 unspecified atom stereocenters. The number of methoxy groups -OCH3 is 1. The largest absolute Gasteiger partial charge is 0.497 e. The van der Waals surface area contributed by atoms with E-state index in [0.717, 1.165) is 0 Å². The molecule has 1 heterocycles. The molecule has 3 nitrogen and oxygen atoms in total. The van der Waals surface area contributed by atoms with Gasteiger partial charge in [-0.05, 0) is 18.2 Å². The Morgan fingerprint density at radius 3 is 2.58 bits per heavy atom. The van der Waals surface area contributed by atoms with Crippen LogP contribution in [0.5, 0.6) is 5.75 Å². The van der Waals surface area contributed by atoms with Gasteiger partial charge in [0.25, 0.3) is 0 Å². The number of rotatable bonds is 3. The van der Waals surface area contributed by atoms with E-state index >= 15 is 0 Å². The molecule has 0 atom stereocenters. The molecule has 1 aromatic heterocycles. The van der Waals surface area contributed by atoms with Crippen molar-refractivity contribution in [2.45, 2.75) is 0 Å². The van der Waals surface area contributed by atoms with Gasteiger partial charge in [0.1, 0.15) is 16.7 Å². The van der Waals surface area contributed by atoms with Gasteiger partial charge >= 0.3 is 0 Å². The van der Waals surface area contributed by atoms with Gasteiger partial charge in [-0.15, -0.1) is 0 Å². The van der Waals surface area contributed by atoms with Crippen LogP contribution in [0.1, 0.15) is 0 Å². The van der Waals surface area contributed by atoms with E-state index < -0.39 is 5.82 Å². The van der Waals surface area contributed by atoms with Crippen LogP contribution in [0.4, 0.5) is 15.9 Å². The molecule has 0 spiro atoms. The zero-order valence-corrected chi connectivity index (χ0v) is 11.9. The lowest BCUT2D eigenvalue weighted by atomic mass is 10.3. The second-order valence-electron chi connectivity index (χ2n) is 3.56. The predicted molar refractivity (Wildman–Crippen MR) is 75.5 cm³/mol. The molecule has 0 bridgehead atoms. The average Bonchev–Trinajstić information content (AvgIpc) is 2.38. The van der Waals surface area contributed by atoms with Gasteiger partial charge in [0, 0.05) is 6.07 Å². The minimum atomic E-state index is -0.468. The van der Waals surface area contributed by atoms with E-state index in [1.807, 2.05) is 0 Å². The third-order valence-corrected chi connectivity index (χ3v) is 3.27. The van der Waals surface area contributed by atoms with Crippen LogP contribution in [0.2, 0.25) is 15.2 Å². The normalized spacial score (nSPS) is 10.4. The maximum atomic E-state index is 13.7. The number of nitrogens with zero attached hydrogens (tertiary/aromatic N) is 1. The number of aromatic nitrogens is 1. The van der Waals surface area contributed by atoms with Gasteiger partial charge in [0.05, 0.1) is 22.8 Å². The third-order valence-electron chi connectivity index (χ3n) is 2.31. The molecule has 0 fully saturated rings. The Labute approximate surface area is 124 Å². The summed E-state index contributed by atoms with van der Waals surface area (Å²) in [5.74, 6) is 0.244. The minimum Gasteiger partial charge on any atom is -0.497 e. The van der Waals surface area contributed by atoms with Gasteiger partial charge in [-0.2, -0.15) is 0 Å². The summed E-state index contributed by atoms with van der Waals surface area (Å²) in [4.78, 5) is 3.95. The summed E-state index contributed by atoms with van der Waals surface area (Å²) in [5.41, 5.74) is 0.173. The summed E-state index contributed by atoms with van der Waals surface area (Å²) in [5, 5.41) is 3.28. The maximum absolute atomic E-state index is 13.7. The Balaban J connectivity index is 2.38. The summed E-state index contributed by atoms with van der Waals surface area (Å²) in [6.45, 7) is 0. The quantitative estimate of drug-likeness (QED) is 0.814. The fourth-order valence-corrected chi connectivity index (χ4v) is 1.93. The fraction of sp³-hybridized carbons (Fsp3) is 0.0833. The van der Waals surface area contributed by atoms with Crippen molar-refractivity contribution in [1.82, 2.24) is 4.98 Å². The average molecular weight is 322 g/mol. The fourth-order valence-electron chi connectivity index (χ4n) is 1.39. The number of pyridine rings is 1. The van der Waals surface area contributed by atoms with Crippen LogP contribution in [0.25, 0.3) is 0 Å². The van der Waals surface area contributed by atoms with Crippen LogP contribution >= 0.6 is 34.8 Å². The Morgan fingerprint density at radius 1 is 1.16 bits per heavy atom. The van der Waals surface area contributed by atoms with Gasteiger partial charge < -0.3 is 10.1 Å². The van der Waals surface area contributed by atoms with E-state index in [1.165, 1.54) is 31.4 Å². The summed E-state index contributed by atoms with van der Waals surface area (Å²) in [6, 6.07) is 5.69. The molecule has 0 aliphatic rings. The molecule has 7 heteroatoms. The highest BCUT2D eigenvalue weighted by atomic mass is 35.5. The van der Waals surface area contributed by atoms with E-state index in [-0.39, 0.29) is 26.7 Å². The standard InChI is InChI=1S/C12H8Cl3FN2O/c1-19-6-2-3-9(16)10(4-6)17-12-8(14)5-7(13)11(15)18-12/h2-5H,1H3,(H,17,18). The number of ether oxygens (including phenoxy) is 1. The van der Waals surface area contributed by atoms with Crippen molar-refractivity contribution >= 4 is 46.3 Å². The molecule has 100 valence electrons. The van der Waals surface area contributed by atoms with Crippen molar-refractivity contribution < 1.29 is 9.13 Å². The van der Waals surface area contributed by atoms with Crippen molar-refractivity contribution in [3.05, 3.63) is 45.3 Å². The number of halogens is 4. The van der Waals surface area contributed by atoms with Crippen LogP contribution < -0.4 is 10.1 Å². The highest BCUT2D eigenvalue weighted by Gasteiger charge is 2.11. The maximum Gasteiger partial charge on any atom is 0.151 e. The molecule has 0 aliphatic heterocycles. The number of benzene rings is 1. The van der Waals surface area contributed by atoms with E-state index in [4.69, 9.17) is 39.5 Å². The second-order valence-corrected chi connectivity index (χ2v) is 4.73. The smallest absolute Gasteiger partial charge is 0.151 e. The van der Waals surface area contributed by atoms with Crippen LogP contribution in [0, 0.1) is 5.82 Å². The van der Waals surface area contributed by atoms with Gasteiger partial charge in [-0.3, -0.25) is 0 Å². The van der Waals surface area contributed by atoms with Gasteiger partial charge in [-0.25, -0.2) is 9.37 Å². The highest BCUT2D eigenvalue weighted by Crippen LogP contribution is 2.32. The van der Waals surface area contributed by atoms with Crippen LogP contribution in [-0.4, -0.2) is 12.1 Å². The topological polar surface area (TPSA) is 34.1 Å². The van der Waals surface area contributed by atoms with Gasteiger partial charge in [0.2, 0.25) is 0 Å². The van der Waals surface area contributed by atoms with Gasteiger partial charge in [-0.1, -0.05) is 34.8 Å². The lowest BCUT2D eigenvalue weighted by Crippen LogP contribution is -1.98. The van der Waals surface area contributed by atoms with Crippen LogP contribution in [0.15, 0.2) is 24.3 Å². The summed E-state index contributed by atoms with van der Waals surface area (Å²) < 4.78 is 18.7. The molecule has 0 saturated carbocycles. The zero-order valence-electron chi connectivity index (χ0n) is 9.68.